The summed E-state index contributed by atoms with van der Waals surface area (Å²) >= 11 is 0. The van der Waals surface area contributed by atoms with Crippen molar-refractivity contribution in [1.82, 2.24) is 4.31 Å². The van der Waals surface area contributed by atoms with Gasteiger partial charge in [0.2, 0.25) is 10.0 Å². The minimum absolute atomic E-state index is 0.379. The Hall–Kier alpha value is -1.85. The van der Waals surface area contributed by atoms with Crippen molar-refractivity contribution in [2.24, 2.45) is 0 Å². The highest BCUT2D eigenvalue weighted by atomic mass is 32.2. The second-order valence-corrected chi connectivity index (χ2v) is 7.77. The van der Waals surface area contributed by atoms with E-state index in [1.54, 1.807) is 16.4 Å². The van der Waals surface area contributed by atoms with Gasteiger partial charge in [-0.15, -0.1) is 0 Å². The van der Waals surface area contributed by atoms with E-state index in [4.69, 9.17) is 0 Å². The molecule has 1 fully saturated rings. The highest BCUT2D eigenvalue weighted by molar-refractivity contribution is 7.89. The lowest BCUT2D eigenvalue weighted by Crippen LogP contribution is -2.35. The van der Waals surface area contributed by atoms with E-state index in [0.29, 0.717) is 18.0 Å². The smallest absolute Gasteiger partial charge is 0.243 e. The Morgan fingerprint density at radius 1 is 0.870 bits per heavy atom. The number of hydrogen-bond donors (Lipinski definition) is 1. The molecule has 1 heterocycles. The molecule has 122 valence electrons. The molecule has 0 aliphatic carbocycles. The molecule has 0 unspecified atom stereocenters. The molecule has 2 aromatic carbocycles. The first kappa shape index (κ1) is 16.0. The molecule has 0 bridgehead atoms. The standard InChI is InChI=1S/C18H22N2O2S/c21-23(22,20-13-5-2-6-14-20)18-11-9-17(10-12-18)19-15-16-7-3-1-4-8-16/h1,3-4,7-12,19H,2,5-6,13-15H2. The van der Waals surface area contributed by atoms with Crippen LogP contribution in [0.1, 0.15) is 24.8 Å². The molecule has 5 heteroatoms. The van der Waals surface area contributed by atoms with E-state index in [0.717, 1.165) is 31.5 Å². The highest BCUT2D eigenvalue weighted by Crippen LogP contribution is 2.22. The van der Waals surface area contributed by atoms with Crippen LogP contribution < -0.4 is 5.32 Å². The predicted octanol–water partition coefficient (Wildman–Crippen LogP) is 3.47. The summed E-state index contributed by atoms with van der Waals surface area (Å²) in [5.41, 5.74) is 2.11. The zero-order chi connectivity index (χ0) is 16.1. The lowest BCUT2D eigenvalue weighted by atomic mass is 10.2. The van der Waals surface area contributed by atoms with Crippen molar-refractivity contribution in [3.63, 3.8) is 0 Å². The van der Waals surface area contributed by atoms with Crippen molar-refractivity contribution in [3.05, 3.63) is 60.2 Å². The van der Waals surface area contributed by atoms with Gasteiger partial charge in [0.25, 0.3) is 0 Å². The monoisotopic (exact) mass is 330 g/mol. The Balaban J connectivity index is 1.66. The average molecular weight is 330 g/mol. The van der Waals surface area contributed by atoms with Crippen LogP contribution >= 0.6 is 0 Å². The van der Waals surface area contributed by atoms with E-state index in [-0.39, 0.29) is 0 Å². The third kappa shape index (κ3) is 3.92. The van der Waals surface area contributed by atoms with Crippen molar-refractivity contribution < 1.29 is 8.42 Å². The molecule has 3 rings (SSSR count). The SMILES string of the molecule is O=S(=O)(c1ccc(NCc2ccccc2)cc1)N1CCCCC1. The number of hydrogen-bond acceptors (Lipinski definition) is 3. The van der Waals surface area contributed by atoms with Crippen LogP contribution in [0.2, 0.25) is 0 Å². The van der Waals surface area contributed by atoms with Gasteiger partial charge in [-0.3, -0.25) is 0 Å². The maximum atomic E-state index is 12.6. The molecular formula is C18H22N2O2S. The number of nitrogens with zero attached hydrogens (tertiary/aromatic N) is 1. The molecule has 1 saturated heterocycles. The second-order valence-electron chi connectivity index (χ2n) is 5.83. The van der Waals surface area contributed by atoms with Crippen molar-refractivity contribution >= 4 is 15.7 Å². The van der Waals surface area contributed by atoms with Gasteiger partial charge in [0.15, 0.2) is 0 Å². The van der Waals surface area contributed by atoms with Gasteiger partial charge in [-0.25, -0.2) is 8.42 Å². The first-order chi connectivity index (χ1) is 11.2. The van der Waals surface area contributed by atoms with Crippen molar-refractivity contribution in [3.8, 4) is 0 Å². The third-order valence-electron chi connectivity index (χ3n) is 4.15. The van der Waals surface area contributed by atoms with Crippen LogP contribution in [0, 0.1) is 0 Å². The second kappa shape index (κ2) is 7.15. The molecule has 0 atom stereocenters. The summed E-state index contributed by atoms with van der Waals surface area (Å²) in [6.07, 6.45) is 3.03. The topological polar surface area (TPSA) is 49.4 Å². The fourth-order valence-electron chi connectivity index (χ4n) is 2.80. The number of piperidine rings is 1. The summed E-state index contributed by atoms with van der Waals surface area (Å²) in [6.45, 7) is 1.99. The van der Waals surface area contributed by atoms with Crippen LogP contribution in [0.15, 0.2) is 59.5 Å². The molecule has 2 aromatic rings. The maximum Gasteiger partial charge on any atom is 0.243 e. The fourth-order valence-corrected chi connectivity index (χ4v) is 4.32. The van der Waals surface area contributed by atoms with Crippen LogP contribution in [-0.4, -0.2) is 25.8 Å². The van der Waals surface area contributed by atoms with E-state index < -0.39 is 10.0 Å². The minimum Gasteiger partial charge on any atom is -0.381 e. The van der Waals surface area contributed by atoms with Crippen LogP contribution in [0.25, 0.3) is 0 Å². The number of rotatable bonds is 5. The van der Waals surface area contributed by atoms with E-state index in [1.807, 2.05) is 30.3 Å². The Bertz CT molecular complexity index is 721. The van der Waals surface area contributed by atoms with Gasteiger partial charge in [-0.05, 0) is 42.7 Å². The molecule has 0 radical (unpaired) electrons. The van der Waals surface area contributed by atoms with E-state index in [9.17, 15) is 8.42 Å². The molecule has 1 aliphatic rings. The summed E-state index contributed by atoms with van der Waals surface area (Å²) in [7, 11) is -3.34. The number of sulfonamides is 1. The number of nitrogens with one attached hydrogen (secondary N) is 1. The molecule has 0 amide bonds. The molecule has 1 aliphatic heterocycles. The van der Waals surface area contributed by atoms with E-state index >= 15 is 0 Å². The van der Waals surface area contributed by atoms with Gasteiger partial charge in [0.05, 0.1) is 4.90 Å². The van der Waals surface area contributed by atoms with Gasteiger partial charge in [0, 0.05) is 25.3 Å². The zero-order valence-corrected chi connectivity index (χ0v) is 13.9. The fraction of sp³-hybridized carbons (Fsp3) is 0.333. The molecule has 0 spiro atoms. The van der Waals surface area contributed by atoms with E-state index in [2.05, 4.69) is 17.4 Å². The van der Waals surface area contributed by atoms with Gasteiger partial charge < -0.3 is 5.32 Å². The Labute approximate surface area is 138 Å². The Kier molecular flexibility index (Phi) is 4.98. The lowest BCUT2D eigenvalue weighted by Gasteiger charge is -2.25. The van der Waals surface area contributed by atoms with Crippen molar-refractivity contribution in [2.45, 2.75) is 30.7 Å². The molecule has 0 aromatic heterocycles. The number of benzene rings is 2. The zero-order valence-electron chi connectivity index (χ0n) is 13.1. The molecule has 0 saturated carbocycles. The Morgan fingerprint density at radius 3 is 2.17 bits per heavy atom. The first-order valence-corrected chi connectivity index (χ1v) is 9.48. The quantitative estimate of drug-likeness (QED) is 0.913. The maximum absolute atomic E-state index is 12.6. The minimum atomic E-state index is -3.34. The molecule has 1 N–H and O–H groups in total. The van der Waals surface area contributed by atoms with Crippen molar-refractivity contribution in [2.75, 3.05) is 18.4 Å². The van der Waals surface area contributed by atoms with Gasteiger partial charge >= 0.3 is 0 Å². The van der Waals surface area contributed by atoms with Crippen LogP contribution in [0.4, 0.5) is 5.69 Å². The van der Waals surface area contributed by atoms with Crippen molar-refractivity contribution in [1.29, 1.82) is 0 Å². The normalized spacial score (nSPS) is 16.2. The van der Waals surface area contributed by atoms with Crippen LogP contribution in [0.3, 0.4) is 0 Å². The van der Waals surface area contributed by atoms with Crippen LogP contribution in [-0.2, 0) is 16.6 Å². The van der Waals surface area contributed by atoms with Gasteiger partial charge in [0.1, 0.15) is 0 Å². The largest absolute Gasteiger partial charge is 0.381 e. The molecule has 23 heavy (non-hydrogen) atoms. The summed E-state index contributed by atoms with van der Waals surface area (Å²) in [6, 6.07) is 17.2. The van der Waals surface area contributed by atoms with Crippen LogP contribution in [0.5, 0.6) is 0 Å². The summed E-state index contributed by atoms with van der Waals surface area (Å²) in [4.78, 5) is 0.379. The van der Waals surface area contributed by atoms with Gasteiger partial charge in [-0.1, -0.05) is 36.8 Å². The predicted molar refractivity (Wildman–Crippen MR) is 92.8 cm³/mol. The summed E-state index contributed by atoms with van der Waals surface area (Å²) in [5, 5.41) is 3.31. The molecule has 4 nitrogen and oxygen atoms in total. The van der Waals surface area contributed by atoms with Gasteiger partial charge in [-0.2, -0.15) is 4.31 Å². The Morgan fingerprint density at radius 2 is 1.52 bits per heavy atom. The first-order valence-electron chi connectivity index (χ1n) is 8.04. The third-order valence-corrected chi connectivity index (χ3v) is 6.06. The van der Waals surface area contributed by atoms with E-state index in [1.165, 1.54) is 5.56 Å². The lowest BCUT2D eigenvalue weighted by molar-refractivity contribution is 0.346. The number of anilines is 1. The average Bonchev–Trinajstić information content (AvgIpc) is 2.62. The molecular weight excluding hydrogens is 308 g/mol. The highest BCUT2D eigenvalue weighted by Gasteiger charge is 2.25. The summed E-state index contributed by atoms with van der Waals surface area (Å²) < 4.78 is 26.8. The summed E-state index contributed by atoms with van der Waals surface area (Å²) in [5.74, 6) is 0.